The van der Waals surface area contributed by atoms with Crippen molar-refractivity contribution in [1.29, 1.82) is 0 Å². The van der Waals surface area contributed by atoms with E-state index in [4.69, 9.17) is 9.84 Å². The van der Waals surface area contributed by atoms with Crippen molar-refractivity contribution >= 4 is 0 Å². The molecule has 0 bridgehead atoms. The van der Waals surface area contributed by atoms with Gasteiger partial charge in [0.2, 0.25) is 5.79 Å². The maximum atomic E-state index is 10.4. The van der Waals surface area contributed by atoms with E-state index < -0.39 is 36.9 Å². The average Bonchev–Trinajstić information content (AvgIpc) is 2.71. The lowest BCUT2D eigenvalue weighted by molar-refractivity contribution is -0.263. The van der Waals surface area contributed by atoms with Gasteiger partial charge in [-0.3, -0.25) is 4.90 Å². The van der Waals surface area contributed by atoms with Crippen molar-refractivity contribution in [1.82, 2.24) is 4.90 Å². The quantitative estimate of drug-likeness (QED) is 0.422. The second-order valence-corrected chi connectivity index (χ2v) is 5.73. The first-order valence-electron chi connectivity index (χ1n) is 7.25. The van der Waals surface area contributed by atoms with E-state index >= 15 is 0 Å². The molecule has 0 spiro atoms. The fraction of sp³-hybridized carbons (Fsp3) is 1.00. The summed E-state index contributed by atoms with van der Waals surface area (Å²) in [7, 11) is 0. The van der Waals surface area contributed by atoms with Gasteiger partial charge in [0.25, 0.3) is 0 Å². The molecule has 2 unspecified atom stereocenters. The average molecular weight is 291 g/mol. The Morgan fingerprint density at radius 3 is 2.60 bits per heavy atom. The molecular weight excluding hydrogens is 266 g/mol. The Hall–Kier alpha value is -0.280. The van der Waals surface area contributed by atoms with Crippen molar-refractivity contribution in [3.8, 4) is 0 Å². The maximum absolute atomic E-state index is 10.4. The monoisotopic (exact) mass is 291 g/mol. The largest absolute Gasteiger partial charge is 0.391 e. The summed E-state index contributed by atoms with van der Waals surface area (Å²) in [6.07, 6.45) is -1.48. The number of rotatable bonds is 4. The van der Waals surface area contributed by atoms with Crippen LogP contribution in [0, 0.1) is 0 Å². The SMILES string of the molecule is CCC1CCCCN1C(O)[C@@H]1O[C@](O)(CO)[C@@H](O)[C@@H]1O. The molecule has 0 aromatic rings. The summed E-state index contributed by atoms with van der Waals surface area (Å²) in [5, 5.41) is 49.1. The van der Waals surface area contributed by atoms with E-state index in [1.165, 1.54) is 0 Å². The zero-order chi connectivity index (χ0) is 14.9. The van der Waals surface area contributed by atoms with Gasteiger partial charge in [-0.1, -0.05) is 13.3 Å². The molecule has 0 amide bonds. The number of aliphatic hydroxyl groups excluding tert-OH is 4. The van der Waals surface area contributed by atoms with Crippen LogP contribution in [0.25, 0.3) is 0 Å². The summed E-state index contributed by atoms with van der Waals surface area (Å²) >= 11 is 0. The minimum absolute atomic E-state index is 0.189. The molecule has 7 heteroatoms. The van der Waals surface area contributed by atoms with Gasteiger partial charge in [-0.25, -0.2) is 0 Å². The van der Waals surface area contributed by atoms with Crippen molar-refractivity contribution in [2.75, 3.05) is 13.2 Å². The fourth-order valence-corrected chi connectivity index (χ4v) is 3.19. The molecule has 2 aliphatic heterocycles. The summed E-state index contributed by atoms with van der Waals surface area (Å²) in [6.45, 7) is 1.87. The third-order valence-electron chi connectivity index (χ3n) is 4.47. The summed E-state index contributed by atoms with van der Waals surface area (Å²) < 4.78 is 5.14. The molecular formula is C13H25NO6. The lowest BCUT2D eigenvalue weighted by atomic mass is 9.97. The lowest BCUT2D eigenvalue weighted by Crippen LogP contribution is -2.54. The Bertz CT molecular complexity index is 330. The highest BCUT2D eigenvalue weighted by Gasteiger charge is 2.56. The second kappa shape index (κ2) is 6.23. The van der Waals surface area contributed by atoms with Crippen LogP contribution in [0.4, 0.5) is 0 Å². The highest BCUT2D eigenvalue weighted by molar-refractivity contribution is 4.98. The van der Waals surface area contributed by atoms with Crippen molar-refractivity contribution in [3.63, 3.8) is 0 Å². The normalized spacial score (nSPS) is 44.7. The number of ether oxygens (including phenoxy) is 1. The Kier molecular flexibility index (Phi) is 5.01. The molecule has 0 radical (unpaired) electrons. The van der Waals surface area contributed by atoms with Crippen LogP contribution in [0.5, 0.6) is 0 Å². The van der Waals surface area contributed by atoms with Crippen LogP contribution in [0.2, 0.25) is 0 Å². The predicted octanol–water partition coefficient (Wildman–Crippen LogP) is -1.63. The number of piperidine rings is 1. The summed E-state index contributed by atoms with van der Waals surface area (Å²) in [5.74, 6) is -2.22. The van der Waals surface area contributed by atoms with Crippen molar-refractivity contribution < 1.29 is 30.3 Å². The highest BCUT2D eigenvalue weighted by Crippen LogP contribution is 2.33. The van der Waals surface area contributed by atoms with E-state index in [1.807, 2.05) is 11.8 Å². The van der Waals surface area contributed by atoms with E-state index in [2.05, 4.69) is 0 Å². The Morgan fingerprint density at radius 2 is 2.05 bits per heavy atom. The van der Waals surface area contributed by atoms with Gasteiger partial charge in [0, 0.05) is 12.6 Å². The van der Waals surface area contributed by atoms with Gasteiger partial charge in [-0.2, -0.15) is 0 Å². The molecule has 0 aromatic carbocycles. The molecule has 2 heterocycles. The van der Waals surface area contributed by atoms with Gasteiger partial charge in [0.15, 0.2) is 0 Å². The van der Waals surface area contributed by atoms with Crippen molar-refractivity contribution in [2.24, 2.45) is 0 Å². The van der Waals surface area contributed by atoms with Crippen LogP contribution in [-0.2, 0) is 4.74 Å². The number of hydrogen-bond donors (Lipinski definition) is 5. The van der Waals surface area contributed by atoms with E-state index in [9.17, 15) is 20.4 Å². The van der Waals surface area contributed by atoms with Crippen LogP contribution < -0.4 is 0 Å². The molecule has 2 fully saturated rings. The molecule has 0 aromatic heterocycles. The molecule has 2 saturated heterocycles. The van der Waals surface area contributed by atoms with E-state index in [-0.39, 0.29) is 6.04 Å². The summed E-state index contributed by atoms with van der Waals surface area (Å²) in [4.78, 5) is 1.84. The zero-order valence-corrected chi connectivity index (χ0v) is 11.7. The van der Waals surface area contributed by atoms with Crippen molar-refractivity contribution in [2.45, 2.75) is 69.0 Å². The molecule has 118 valence electrons. The minimum Gasteiger partial charge on any atom is -0.391 e. The topological polar surface area (TPSA) is 114 Å². The first-order valence-corrected chi connectivity index (χ1v) is 7.25. The highest BCUT2D eigenvalue weighted by atomic mass is 16.7. The number of likely N-dealkylation sites (tertiary alicyclic amines) is 1. The van der Waals surface area contributed by atoms with E-state index in [0.29, 0.717) is 6.54 Å². The Labute approximate surface area is 118 Å². The number of nitrogens with zero attached hydrogens (tertiary/aromatic N) is 1. The fourth-order valence-electron chi connectivity index (χ4n) is 3.19. The second-order valence-electron chi connectivity index (χ2n) is 5.73. The van der Waals surface area contributed by atoms with Crippen LogP contribution in [-0.4, -0.2) is 80.0 Å². The van der Waals surface area contributed by atoms with E-state index in [0.717, 1.165) is 25.7 Å². The van der Waals surface area contributed by atoms with Crippen LogP contribution in [0.15, 0.2) is 0 Å². The minimum atomic E-state index is -2.22. The number of aliphatic hydroxyl groups is 5. The predicted molar refractivity (Wildman–Crippen MR) is 69.6 cm³/mol. The van der Waals surface area contributed by atoms with Crippen LogP contribution in [0.3, 0.4) is 0 Å². The maximum Gasteiger partial charge on any atom is 0.219 e. The van der Waals surface area contributed by atoms with Gasteiger partial charge >= 0.3 is 0 Å². The summed E-state index contributed by atoms with van der Waals surface area (Å²) in [6, 6.07) is 0.189. The van der Waals surface area contributed by atoms with Gasteiger partial charge in [0.05, 0.1) is 6.61 Å². The number of hydrogen-bond acceptors (Lipinski definition) is 7. The third kappa shape index (κ3) is 2.71. The standard InChI is InChI=1S/C13H25NO6/c1-2-8-5-3-4-6-14(8)12(18)10-9(16)11(17)13(19,7-15)20-10/h8-12,15-19H,2-7H2,1H3/t8?,9-,10-,11+,12?,13-/m1/s1. The third-order valence-corrected chi connectivity index (χ3v) is 4.47. The molecule has 2 rings (SSSR count). The molecule has 20 heavy (non-hydrogen) atoms. The van der Waals surface area contributed by atoms with E-state index in [1.54, 1.807) is 0 Å². The van der Waals surface area contributed by atoms with Crippen molar-refractivity contribution in [3.05, 3.63) is 0 Å². The zero-order valence-electron chi connectivity index (χ0n) is 11.7. The molecule has 0 saturated carbocycles. The smallest absolute Gasteiger partial charge is 0.219 e. The van der Waals surface area contributed by atoms with Gasteiger partial charge < -0.3 is 30.3 Å². The first-order chi connectivity index (χ1) is 9.44. The molecule has 7 nitrogen and oxygen atoms in total. The molecule has 6 atom stereocenters. The van der Waals surface area contributed by atoms with Gasteiger partial charge in [-0.05, 0) is 19.3 Å². The lowest BCUT2D eigenvalue weighted by Gasteiger charge is -2.41. The van der Waals surface area contributed by atoms with Gasteiger partial charge in [0.1, 0.15) is 24.5 Å². The van der Waals surface area contributed by atoms with Gasteiger partial charge in [-0.15, -0.1) is 0 Å². The molecule has 2 aliphatic rings. The Morgan fingerprint density at radius 1 is 1.35 bits per heavy atom. The summed E-state index contributed by atoms with van der Waals surface area (Å²) in [5.41, 5.74) is 0. The first kappa shape index (κ1) is 16.1. The Balaban J connectivity index is 2.10. The van der Waals surface area contributed by atoms with Crippen LogP contribution >= 0.6 is 0 Å². The molecule has 5 N–H and O–H groups in total. The molecule has 0 aliphatic carbocycles. The van der Waals surface area contributed by atoms with Crippen LogP contribution in [0.1, 0.15) is 32.6 Å².